The molecule has 0 saturated heterocycles. The van der Waals surface area contributed by atoms with Gasteiger partial charge >= 0.3 is 0 Å². The van der Waals surface area contributed by atoms with E-state index in [1.165, 1.54) is 32.1 Å². The molecule has 0 aromatic heterocycles. The molecule has 0 heterocycles. The molecule has 110 valence electrons. The maximum Gasteiger partial charge on any atom is 0.142 e. The molecule has 2 aliphatic rings. The van der Waals surface area contributed by atoms with Crippen LogP contribution < -0.4 is 10.1 Å². The minimum Gasteiger partial charge on any atom is -0.489 e. The molecule has 0 bridgehead atoms. The van der Waals surface area contributed by atoms with Crippen molar-refractivity contribution in [3.05, 3.63) is 27.7 Å². The molecule has 20 heavy (non-hydrogen) atoms. The summed E-state index contributed by atoms with van der Waals surface area (Å²) >= 11 is 12.5. The molecular weight excluding hydrogens is 293 g/mol. The molecule has 2 saturated carbocycles. The Kier molecular flexibility index (Phi) is 4.75. The second kappa shape index (κ2) is 6.55. The third-order valence-corrected chi connectivity index (χ3v) is 4.58. The number of hydrogen-bond donors (Lipinski definition) is 1. The largest absolute Gasteiger partial charge is 0.489 e. The minimum absolute atomic E-state index is 0.308. The van der Waals surface area contributed by atoms with E-state index >= 15 is 0 Å². The van der Waals surface area contributed by atoms with Gasteiger partial charge in [-0.3, -0.25) is 0 Å². The number of halogens is 2. The van der Waals surface area contributed by atoms with Crippen LogP contribution in [0.5, 0.6) is 5.75 Å². The van der Waals surface area contributed by atoms with E-state index in [1.54, 1.807) is 6.07 Å². The Morgan fingerprint density at radius 1 is 1.05 bits per heavy atom. The van der Waals surface area contributed by atoms with Gasteiger partial charge in [0.1, 0.15) is 5.75 Å². The molecule has 2 nitrogen and oxygen atoms in total. The number of rotatable bonds is 5. The Hall–Kier alpha value is -0.440. The molecule has 1 N–H and O–H groups in total. The van der Waals surface area contributed by atoms with Crippen molar-refractivity contribution >= 4 is 23.2 Å². The van der Waals surface area contributed by atoms with Crippen LogP contribution >= 0.6 is 23.2 Å². The first kappa shape index (κ1) is 14.5. The van der Waals surface area contributed by atoms with Crippen LogP contribution in [0.2, 0.25) is 10.0 Å². The SMILES string of the molecule is Clc1cc(Cl)c(OC2CCCCC2)c(CNC2CC2)c1. The van der Waals surface area contributed by atoms with Gasteiger partial charge in [-0.2, -0.15) is 0 Å². The topological polar surface area (TPSA) is 21.3 Å². The first-order valence-corrected chi connectivity index (χ1v) is 8.36. The first-order valence-electron chi connectivity index (χ1n) is 7.60. The summed E-state index contributed by atoms with van der Waals surface area (Å²) < 4.78 is 6.19. The third kappa shape index (κ3) is 3.81. The monoisotopic (exact) mass is 313 g/mol. The molecular formula is C16H21Cl2NO. The van der Waals surface area contributed by atoms with E-state index in [-0.39, 0.29) is 0 Å². The molecule has 2 fully saturated rings. The smallest absolute Gasteiger partial charge is 0.142 e. The Labute approximate surface area is 130 Å². The molecule has 0 amide bonds. The maximum atomic E-state index is 6.35. The van der Waals surface area contributed by atoms with Crippen molar-refractivity contribution in [1.82, 2.24) is 5.32 Å². The predicted molar refractivity (Wildman–Crippen MR) is 83.8 cm³/mol. The second-order valence-electron chi connectivity index (χ2n) is 5.91. The molecule has 1 aromatic rings. The van der Waals surface area contributed by atoms with E-state index in [1.807, 2.05) is 6.07 Å². The van der Waals surface area contributed by atoms with Crippen molar-refractivity contribution in [2.45, 2.75) is 63.6 Å². The van der Waals surface area contributed by atoms with Gasteiger partial charge in [-0.05, 0) is 50.7 Å². The Balaban J connectivity index is 1.74. The predicted octanol–water partition coefficient (Wildman–Crippen LogP) is 4.96. The van der Waals surface area contributed by atoms with Crippen LogP contribution in [0.25, 0.3) is 0 Å². The average molecular weight is 314 g/mol. The van der Waals surface area contributed by atoms with E-state index in [9.17, 15) is 0 Å². The van der Waals surface area contributed by atoms with Crippen molar-refractivity contribution in [2.75, 3.05) is 0 Å². The minimum atomic E-state index is 0.308. The normalized spacial score (nSPS) is 20.1. The van der Waals surface area contributed by atoms with Crippen LogP contribution in [0.1, 0.15) is 50.5 Å². The Bertz CT molecular complexity index is 468. The fourth-order valence-corrected chi connectivity index (χ4v) is 3.35. The lowest BCUT2D eigenvalue weighted by molar-refractivity contribution is 0.153. The lowest BCUT2D eigenvalue weighted by atomic mass is 9.97. The Morgan fingerprint density at radius 2 is 1.80 bits per heavy atom. The summed E-state index contributed by atoms with van der Waals surface area (Å²) in [5.74, 6) is 0.830. The zero-order valence-corrected chi connectivity index (χ0v) is 13.1. The first-order chi connectivity index (χ1) is 9.72. The summed E-state index contributed by atoms with van der Waals surface area (Å²) in [5, 5.41) is 4.82. The van der Waals surface area contributed by atoms with E-state index in [0.29, 0.717) is 22.2 Å². The third-order valence-electron chi connectivity index (χ3n) is 4.08. The highest BCUT2D eigenvalue weighted by Gasteiger charge is 2.23. The summed E-state index contributed by atoms with van der Waals surface area (Å²) in [7, 11) is 0. The second-order valence-corrected chi connectivity index (χ2v) is 6.75. The van der Waals surface area contributed by atoms with Gasteiger partial charge in [0.05, 0.1) is 11.1 Å². The van der Waals surface area contributed by atoms with Crippen molar-refractivity contribution in [3.8, 4) is 5.75 Å². The number of ether oxygens (including phenoxy) is 1. The lowest BCUT2D eigenvalue weighted by Crippen LogP contribution is -2.22. The molecule has 0 atom stereocenters. The van der Waals surface area contributed by atoms with E-state index < -0.39 is 0 Å². The standard InChI is InChI=1S/C16H21Cl2NO/c17-12-8-11(10-19-13-6-7-13)16(15(18)9-12)20-14-4-2-1-3-5-14/h8-9,13-14,19H,1-7,10H2. The molecule has 0 aliphatic heterocycles. The maximum absolute atomic E-state index is 6.35. The molecule has 0 spiro atoms. The van der Waals surface area contributed by atoms with Crippen molar-refractivity contribution < 1.29 is 4.74 Å². The van der Waals surface area contributed by atoms with Crippen LogP contribution in [-0.4, -0.2) is 12.1 Å². The zero-order chi connectivity index (χ0) is 13.9. The fraction of sp³-hybridized carbons (Fsp3) is 0.625. The van der Waals surface area contributed by atoms with E-state index in [0.717, 1.165) is 30.7 Å². The van der Waals surface area contributed by atoms with E-state index in [2.05, 4.69) is 5.32 Å². The van der Waals surface area contributed by atoms with Gasteiger partial charge in [0.15, 0.2) is 0 Å². The van der Waals surface area contributed by atoms with Gasteiger partial charge in [-0.15, -0.1) is 0 Å². The summed E-state index contributed by atoms with van der Waals surface area (Å²) in [6, 6.07) is 4.42. The molecule has 4 heteroatoms. The number of nitrogens with one attached hydrogen (secondary N) is 1. The van der Waals surface area contributed by atoms with Crippen molar-refractivity contribution in [1.29, 1.82) is 0 Å². The average Bonchev–Trinajstić information content (AvgIpc) is 3.25. The molecule has 0 radical (unpaired) electrons. The number of benzene rings is 1. The summed E-state index contributed by atoms with van der Waals surface area (Å²) in [4.78, 5) is 0. The van der Waals surface area contributed by atoms with E-state index in [4.69, 9.17) is 27.9 Å². The van der Waals surface area contributed by atoms with Crippen LogP contribution in [0.3, 0.4) is 0 Å². The van der Waals surface area contributed by atoms with Gasteiger partial charge in [0.2, 0.25) is 0 Å². The highest BCUT2D eigenvalue weighted by molar-refractivity contribution is 6.35. The molecule has 2 aliphatic carbocycles. The number of hydrogen-bond acceptors (Lipinski definition) is 2. The summed E-state index contributed by atoms with van der Waals surface area (Å²) in [5.41, 5.74) is 1.08. The quantitative estimate of drug-likeness (QED) is 0.829. The molecule has 3 rings (SSSR count). The molecule has 0 unspecified atom stereocenters. The summed E-state index contributed by atoms with van der Waals surface area (Å²) in [6.45, 7) is 0.785. The highest BCUT2D eigenvalue weighted by Crippen LogP contribution is 2.35. The Morgan fingerprint density at radius 3 is 2.50 bits per heavy atom. The van der Waals surface area contributed by atoms with Crippen molar-refractivity contribution in [3.63, 3.8) is 0 Å². The fourth-order valence-electron chi connectivity index (χ4n) is 2.77. The van der Waals surface area contributed by atoms with Gasteiger partial charge in [0, 0.05) is 23.2 Å². The van der Waals surface area contributed by atoms with Crippen LogP contribution in [0, 0.1) is 0 Å². The summed E-state index contributed by atoms with van der Waals surface area (Å²) in [6.07, 6.45) is 8.95. The zero-order valence-electron chi connectivity index (χ0n) is 11.6. The van der Waals surface area contributed by atoms with Gasteiger partial charge in [-0.25, -0.2) is 0 Å². The van der Waals surface area contributed by atoms with Gasteiger partial charge in [0.25, 0.3) is 0 Å². The van der Waals surface area contributed by atoms with Crippen molar-refractivity contribution in [2.24, 2.45) is 0 Å². The van der Waals surface area contributed by atoms with Gasteiger partial charge in [-0.1, -0.05) is 29.6 Å². The van der Waals surface area contributed by atoms with Gasteiger partial charge < -0.3 is 10.1 Å². The van der Waals surface area contributed by atoms with Crippen LogP contribution in [0.15, 0.2) is 12.1 Å². The lowest BCUT2D eigenvalue weighted by Gasteiger charge is -2.25. The highest BCUT2D eigenvalue weighted by atomic mass is 35.5. The molecule has 1 aromatic carbocycles. The van der Waals surface area contributed by atoms with Crippen LogP contribution in [0.4, 0.5) is 0 Å². The van der Waals surface area contributed by atoms with Crippen LogP contribution in [-0.2, 0) is 6.54 Å².